The zero-order chi connectivity index (χ0) is 16.0. The van der Waals surface area contributed by atoms with Gasteiger partial charge < -0.3 is 19.9 Å². The van der Waals surface area contributed by atoms with Crippen LogP contribution >= 0.6 is 0 Å². The van der Waals surface area contributed by atoms with Gasteiger partial charge in [-0.25, -0.2) is 4.79 Å². The maximum Gasteiger partial charge on any atom is 0.328 e. The van der Waals surface area contributed by atoms with Gasteiger partial charge in [-0.1, -0.05) is 13.8 Å². The van der Waals surface area contributed by atoms with Crippen molar-refractivity contribution >= 4 is 11.9 Å². The van der Waals surface area contributed by atoms with Gasteiger partial charge in [-0.05, 0) is 30.5 Å². The maximum absolute atomic E-state index is 12.1. The van der Waals surface area contributed by atoms with Crippen LogP contribution in [0.5, 0.6) is 11.5 Å². The number of hydrogen-bond acceptors (Lipinski definition) is 5. The normalized spacial score (nSPS) is 11.9. The highest BCUT2D eigenvalue weighted by atomic mass is 16.5. The molecule has 0 spiro atoms. The molecule has 0 fully saturated rings. The van der Waals surface area contributed by atoms with Gasteiger partial charge in [0.15, 0.2) is 11.5 Å². The molecule has 1 aromatic rings. The number of aromatic hydroxyl groups is 1. The molecule has 0 aromatic heterocycles. The van der Waals surface area contributed by atoms with Crippen molar-refractivity contribution in [1.29, 1.82) is 0 Å². The summed E-state index contributed by atoms with van der Waals surface area (Å²) < 4.78 is 9.60. The van der Waals surface area contributed by atoms with Crippen LogP contribution in [0.15, 0.2) is 18.2 Å². The number of hydrogen-bond donors (Lipinski definition) is 2. The Morgan fingerprint density at radius 2 is 1.95 bits per heavy atom. The quantitative estimate of drug-likeness (QED) is 0.781. The molecule has 0 radical (unpaired) electrons. The largest absolute Gasteiger partial charge is 0.504 e. The van der Waals surface area contributed by atoms with Gasteiger partial charge in [0.25, 0.3) is 5.91 Å². The lowest BCUT2D eigenvalue weighted by atomic mass is 10.0. The van der Waals surface area contributed by atoms with Crippen LogP contribution in [0.4, 0.5) is 0 Å². The first kappa shape index (κ1) is 16.8. The summed E-state index contributed by atoms with van der Waals surface area (Å²) in [5.41, 5.74) is 0.242. The number of methoxy groups -OCH3 is 2. The summed E-state index contributed by atoms with van der Waals surface area (Å²) in [6.07, 6.45) is 0.473. The molecular weight excluding hydrogens is 274 g/mol. The van der Waals surface area contributed by atoms with Crippen LogP contribution in [0.3, 0.4) is 0 Å². The number of rotatable bonds is 6. The monoisotopic (exact) mass is 295 g/mol. The van der Waals surface area contributed by atoms with Crippen molar-refractivity contribution < 1.29 is 24.2 Å². The molecule has 116 valence electrons. The summed E-state index contributed by atoms with van der Waals surface area (Å²) in [5, 5.41) is 12.3. The molecule has 0 saturated heterocycles. The van der Waals surface area contributed by atoms with E-state index in [1.165, 1.54) is 32.4 Å². The first-order chi connectivity index (χ1) is 9.88. The summed E-state index contributed by atoms with van der Waals surface area (Å²) in [4.78, 5) is 23.8. The van der Waals surface area contributed by atoms with Crippen molar-refractivity contribution in [3.8, 4) is 11.5 Å². The number of ether oxygens (including phenoxy) is 2. The molecule has 6 nitrogen and oxygen atoms in total. The molecule has 2 N–H and O–H groups in total. The summed E-state index contributed by atoms with van der Waals surface area (Å²) in [6.45, 7) is 3.89. The third-order valence-electron chi connectivity index (χ3n) is 2.94. The van der Waals surface area contributed by atoms with Crippen LogP contribution in [0.1, 0.15) is 30.6 Å². The van der Waals surface area contributed by atoms with E-state index in [1.54, 1.807) is 0 Å². The molecule has 21 heavy (non-hydrogen) atoms. The Kier molecular flexibility index (Phi) is 6.02. The number of esters is 1. The third-order valence-corrected chi connectivity index (χ3v) is 2.94. The fourth-order valence-corrected chi connectivity index (χ4v) is 1.90. The van der Waals surface area contributed by atoms with Crippen LogP contribution in [0, 0.1) is 5.92 Å². The Labute approximate surface area is 124 Å². The molecule has 1 aromatic carbocycles. The second-order valence-corrected chi connectivity index (χ2v) is 5.07. The SMILES string of the molecule is COC(=O)C(CC(C)C)NC(=O)c1ccc(OC)c(O)c1. The molecule has 0 aliphatic carbocycles. The summed E-state index contributed by atoms with van der Waals surface area (Å²) in [7, 11) is 2.70. The molecule has 0 aliphatic rings. The van der Waals surface area contributed by atoms with E-state index in [1.807, 2.05) is 13.8 Å². The topological polar surface area (TPSA) is 84.9 Å². The Balaban J connectivity index is 2.86. The zero-order valence-corrected chi connectivity index (χ0v) is 12.7. The molecule has 0 saturated carbocycles. The predicted octanol–water partition coefficient (Wildman–Crippen LogP) is 1.72. The zero-order valence-electron chi connectivity index (χ0n) is 12.7. The van der Waals surface area contributed by atoms with E-state index in [0.29, 0.717) is 6.42 Å². The molecule has 6 heteroatoms. The predicted molar refractivity (Wildman–Crippen MR) is 77.4 cm³/mol. The van der Waals surface area contributed by atoms with Crippen molar-refractivity contribution in [1.82, 2.24) is 5.32 Å². The summed E-state index contributed by atoms with van der Waals surface area (Å²) in [6, 6.07) is 3.57. The molecule has 0 aliphatic heterocycles. The van der Waals surface area contributed by atoms with E-state index < -0.39 is 17.9 Å². The second-order valence-electron chi connectivity index (χ2n) is 5.07. The van der Waals surface area contributed by atoms with Gasteiger partial charge in [0.05, 0.1) is 14.2 Å². The fraction of sp³-hybridized carbons (Fsp3) is 0.467. The van der Waals surface area contributed by atoms with Crippen molar-refractivity contribution in [2.45, 2.75) is 26.3 Å². The Morgan fingerprint density at radius 1 is 1.29 bits per heavy atom. The molecule has 1 rings (SSSR count). The number of phenols is 1. The fourth-order valence-electron chi connectivity index (χ4n) is 1.90. The van der Waals surface area contributed by atoms with Gasteiger partial charge in [0, 0.05) is 5.56 Å². The molecule has 1 amide bonds. The van der Waals surface area contributed by atoms with Gasteiger partial charge in [-0.2, -0.15) is 0 Å². The minimum atomic E-state index is -0.716. The Hall–Kier alpha value is -2.24. The van der Waals surface area contributed by atoms with Gasteiger partial charge in [-0.3, -0.25) is 4.79 Å². The molecule has 1 atom stereocenters. The molecule has 0 bridgehead atoms. The summed E-state index contributed by atoms with van der Waals surface area (Å²) >= 11 is 0. The lowest BCUT2D eigenvalue weighted by Gasteiger charge is -2.18. The lowest BCUT2D eigenvalue weighted by Crippen LogP contribution is -2.42. The van der Waals surface area contributed by atoms with Gasteiger partial charge in [-0.15, -0.1) is 0 Å². The minimum Gasteiger partial charge on any atom is -0.504 e. The van der Waals surface area contributed by atoms with E-state index in [0.717, 1.165) is 0 Å². The smallest absolute Gasteiger partial charge is 0.328 e. The van der Waals surface area contributed by atoms with E-state index in [4.69, 9.17) is 4.74 Å². The van der Waals surface area contributed by atoms with Crippen LogP contribution in [-0.2, 0) is 9.53 Å². The average Bonchev–Trinajstić information content (AvgIpc) is 2.44. The minimum absolute atomic E-state index is 0.136. The third kappa shape index (κ3) is 4.66. The van der Waals surface area contributed by atoms with Gasteiger partial charge >= 0.3 is 5.97 Å². The first-order valence-corrected chi connectivity index (χ1v) is 6.64. The number of amides is 1. The molecule has 1 unspecified atom stereocenters. The number of phenolic OH excluding ortho intramolecular Hbond substituents is 1. The highest BCUT2D eigenvalue weighted by molar-refractivity contribution is 5.97. The summed E-state index contributed by atoms with van der Waals surface area (Å²) in [5.74, 6) is -0.584. The van der Waals surface area contributed by atoms with E-state index in [9.17, 15) is 14.7 Å². The van der Waals surface area contributed by atoms with Crippen molar-refractivity contribution in [2.75, 3.05) is 14.2 Å². The maximum atomic E-state index is 12.1. The standard InChI is InChI=1S/C15H21NO5/c1-9(2)7-11(15(19)21-4)16-14(18)10-5-6-13(20-3)12(17)8-10/h5-6,8-9,11,17H,7H2,1-4H3,(H,16,18). The van der Waals surface area contributed by atoms with Crippen LogP contribution in [0.25, 0.3) is 0 Å². The van der Waals surface area contributed by atoms with Crippen molar-refractivity contribution in [2.24, 2.45) is 5.92 Å². The molecule has 0 heterocycles. The Morgan fingerprint density at radius 3 is 2.43 bits per heavy atom. The van der Waals surface area contributed by atoms with E-state index >= 15 is 0 Å². The van der Waals surface area contributed by atoms with Crippen LogP contribution in [-0.4, -0.2) is 37.2 Å². The van der Waals surface area contributed by atoms with Gasteiger partial charge in [0.1, 0.15) is 6.04 Å². The van der Waals surface area contributed by atoms with E-state index in [2.05, 4.69) is 10.1 Å². The first-order valence-electron chi connectivity index (χ1n) is 6.64. The highest BCUT2D eigenvalue weighted by Crippen LogP contribution is 2.26. The highest BCUT2D eigenvalue weighted by Gasteiger charge is 2.23. The van der Waals surface area contributed by atoms with E-state index in [-0.39, 0.29) is 23.0 Å². The number of nitrogens with one attached hydrogen (secondary N) is 1. The van der Waals surface area contributed by atoms with Crippen molar-refractivity contribution in [3.63, 3.8) is 0 Å². The van der Waals surface area contributed by atoms with Crippen LogP contribution < -0.4 is 10.1 Å². The number of carbonyl (C=O) groups excluding carboxylic acids is 2. The number of benzene rings is 1. The van der Waals surface area contributed by atoms with Crippen molar-refractivity contribution in [3.05, 3.63) is 23.8 Å². The lowest BCUT2D eigenvalue weighted by molar-refractivity contribution is -0.143. The number of carbonyl (C=O) groups is 2. The Bertz CT molecular complexity index is 513. The average molecular weight is 295 g/mol. The molecular formula is C15H21NO5. The van der Waals surface area contributed by atoms with Crippen LogP contribution in [0.2, 0.25) is 0 Å². The second kappa shape index (κ2) is 7.52. The van der Waals surface area contributed by atoms with Gasteiger partial charge in [0.2, 0.25) is 0 Å².